The number of aromatic amines is 1. The van der Waals surface area contributed by atoms with E-state index in [9.17, 15) is 4.79 Å². The zero-order valence-corrected chi connectivity index (χ0v) is 18.3. The SMILES string of the molecule is CCOC(=O)c1[nH]c2c(Br)cccc2c1CCCOc1cccc2cc(N)ccc12. The number of hydrogen-bond donors (Lipinski definition) is 2. The van der Waals surface area contributed by atoms with E-state index in [1.54, 1.807) is 0 Å². The first-order valence-electron chi connectivity index (χ1n) is 9.95. The highest BCUT2D eigenvalue weighted by atomic mass is 79.9. The highest BCUT2D eigenvalue weighted by Crippen LogP contribution is 2.31. The van der Waals surface area contributed by atoms with Gasteiger partial charge in [-0.25, -0.2) is 4.79 Å². The normalized spacial score (nSPS) is 11.1. The number of H-pyrrole nitrogens is 1. The molecule has 3 N–H and O–H groups in total. The molecule has 0 saturated carbocycles. The number of esters is 1. The molecule has 4 aromatic rings. The van der Waals surface area contributed by atoms with Crippen LogP contribution >= 0.6 is 15.9 Å². The number of hydrogen-bond acceptors (Lipinski definition) is 4. The molecule has 1 heterocycles. The average Bonchev–Trinajstić information content (AvgIpc) is 3.11. The second-order valence-corrected chi connectivity index (χ2v) is 7.90. The van der Waals surface area contributed by atoms with Gasteiger partial charge in [0.1, 0.15) is 11.4 Å². The summed E-state index contributed by atoms with van der Waals surface area (Å²) in [4.78, 5) is 15.7. The van der Waals surface area contributed by atoms with Crippen molar-refractivity contribution in [3.63, 3.8) is 0 Å². The standard InChI is InChI=1S/C24H23BrN2O3/c1-2-29-24(28)23-19(18-7-4-9-20(25)22(18)27-23)8-5-13-30-21-10-3-6-15-14-16(26)11-12-17(15)21/h3-4,6-7,9-12,14,27H,2,5,8,13,26H2,1H3. The second kappa shape index (κ2) is 8.79. The number of benzene rings is 3. The van der Waals surface area contributed by atoms with Crippen molar-refractivity contribution in [1.82, 2.24) is 4.98 Å². The summed E-state index contributed by atoms with van der Waals surface area (Å²) in [6.07, 6.45) is 1.46. The molecule has 0 amide bonds. The summed E-state index contributed by atoms with van der Waals surface area (Å²) in [7, 11) is 0. The lowest BCUT2D eigenvalue weighted by molar-refractivity contribution is 0.0519. The van der Waals surface area contributed by atoms with E-state index in [2.05, 4.69) is 20.9 Å². The average molecular weight is 467 g/mol. The third-order valence-corrected chi connectivity index (χ3v) is 5.72. The molecule has 0 fully saturated rings. The lowest BCUT2D eigenvalue weighted by Gasteiger charge is -2.10. The number of aromatic nitrogens is 1. The quantitative estimate of drug-likeness (QED) is 0.203. The van der Waals surface area contributed by atoms with Crippen LogP contribution in [0.3, 0.4) is 0 Å². The van der Waals surface area contributed by atoms with Gasteiger partial charge in [-0.15, -0.1) is 0 Å². The van der Waals surface area contributed by atoms with Gasteiger partial charge >= 0.3 is 5.97 Å². The van der Waals surface area contributed by atoms with Gasteiger partial charge in [0.15, 0.2) is 0 Å². The van der Waals surface area contributed by atoms with Gasteiger partial charge in [0.25, 0.3) is 0 Å². The van der Waals surface area contributed by atoms with E-state index in [0.29, 0.717) is 25.3 Å². The Kier molecular flexibility index (Phi) is 5.95. The number of para-hydroxylation sites is 1. The molecule has 1 aromatic heterocycles. The van der Waals surface area contributed by atoms with Crippen molar-refractivity contribution in [1.29, 1.82) is 0 Å². The maximum Gasteiger partial charge on any atom is 0.355 e. The molecule has 0 aliphatic heterocycles. The van der Waals surface area contributed by atoms with Crippen LogP contribution in [0.4, 0.5) is 5.69 Å². The molecule has 30 heavy (non-hydrogen) atoms. The number of aryl methyl sites for hydroxylation is 1. The van der Waals surface area contributed by atoms with Crippen molar-refractivity contribution in [3.05, 3.63) is 70.3 Å². The predicted octanol–water partition coefficient (Wildman–Crippen LogP) is 5.85. The number of fused-ring (bicyclic) bond motifs is 2. The Bertz CT molecular complexity index is 1220. The molecule has 0 saturated heterocycles. The lowest BCUT2D eigenvalue weighted by atomic mass is 10.1. The van der Waals surface area contributed by atoms with Crippen LogP contribution in [0.25, 0.3) is 21.7 Å². The van der Waals surface area contributed by atoms with E-state index < -0.39 is 0 Å². The molecule has 154 valence electrons. The van der Waals surface area contributed by atoms with E-state index in [4.69, 9.17) is 15.2 Å². The highest BCUT2D eigenvalue weighted by Gasteiger charge is 2.19. The molecule has 0 aliphatic carbocycles. The largest absolute Gasteiger partial charge is 0.493 e. The number of rotatable bonds is 7. The fourth-order valence-corrected chi connectivity index (χ4v) is 4.17. The number of carbonyl (C=O) groups is 1. The zero-order valence-electron chi connectivity index (χ0n) is 16.7. The number of anilines is 1. The van der Waals surface area contributed by atoms with E-state index in [-0.39, 0.29) is 5.97 Å². The first-order chi connectivity index (χ1) is 14.6. The zero-order chi connectivity index (χ0) is 21.1. The van der Waals surface area contributed by atoms with Gasteiger partial charge in [-0.1, -0.05) is 24.3 Å². The molecular weight excluding hydrogens is 444 g/mol. The molecule has 4 rings (SSSR count). The lowest BCUT2D eigenvalue weighted by Crippen LogP contribution is -2.09. The summed E-state index contributed by atoms with van der Waals surface area (Å²) >= 11 is 3.56. The van der Waals surface area contributed by atoms with Crippen LogP contribution in [0.15, 0.2) is 59.1 Å². The van der Waals surface area contributed by atoms with Crippen LogP contribution in [0.2, 0.25) is 0 Å². The van der Waals surface area contributed by atoms with Gasteiger partial charge in [0, 0.05) is 20.9 Å². The maximum absolute atomic E-state index is 12.5. The molecule has 0 spiro atoms. The fraction of sp³-hybridized carbons (Fsp3) is 0.208. The van der Waals surface area contributed by atoms with Crippen molar-refractivity contribution in [2.24, 2.45) is 0 Å². The summed E-state index contributed by atoms with van der Waals surface area (Å²) in [6.45, 7) is 2.68. The van der Waals surface area contributed by atoms with Crippen molar-refractivity contribution >= 4 is 49.3 Å². The monoisotopic (exact) mass is 466 g/mol. The molecule has 5 nitrogen and oxygen atoms in total. The van der Waals surface area contributed by atoms with Crippen LogP contribution < -0.4 is 10.5 Å². The number of nitrogens with one attached hydrogen (secondary N) is 1. The highest BCUT2D eigenvalue weighted by molar-refractivity contribution is 9.10. The summed E-state index contributed by atoms with van der Waals surface area (Å²) in [5.41, 5.74) is 8.99. The molecular formula is C24H23BrN2O3. The van der Waals surface area contributed by atoms with E-state index in [1.807, 2.05) is 61.5 Å². The van der Waals surface area contributed by atoms with E-state index in [0.717, 1.165) is 49.6 Å². The van der Waals surface area contributed by atoms with E-state index in [1.165, 1.54) is 0 Å². The summed E-state index contributed by atoms with van der Waals surface area (Å²) in [6, 6.07) is 17.7. The van der Waals surface area contributed by atoms with Gasteiger partial charge in [0.05, 0.1) is 18.7 Å². The summed E-state index contributed by atoms with van der Waals surface area (Å²) < 4.78 is 12.2. The minimum absolute atomic E-state index is 0.330. The van der Waals surface area contributed by atoms with Gasteiger partial charge in [-0.2, -0.15) is 0 Å². The number of nitrogen functional groups attached to an aromatic ring is 1. The minimum atomic E-state index is -0.330. The molecule has 0 radical (unpaired) electrons. The van der Waals surface area contributed by atoms with Gasteiger partial charge in [-0.3, -0.25) is 0 Å². The molecule has 0 atom stereocenters. The van der Waals surface area contributed by atoms with Crippen LogP contribution in [-0.2, 0) is 11.2 Å². The Labute approximate surface area is 183 Å². The number of carbonyl (C=O) groups excluding carboxylic acids is 1. The maximum atomic E-state index is 12.5. The van der Waals surface area contributed by atoms with E-state index >= 15 is 0 Å². The smallest absolute Gasteiger partial charge is 0.355 e. The first kappa shape index (κ1) is 20.3. The number of halogens is 1. The number of ether oxygens (including phenoxy) is 2. The predicted molar refractivity (Wildman–Crippen MR) is 124 cm³/mol. The van der Waals surface area contributed by atoms with Gasteiger partial charge in [-0.05, 0) is 77.0 Å². The summed E-state index contributed by atoms with van der Waals surface area (Å²) in [5, 5.41) is 3.11. The Morgan fingerprint density at radius 3 is 2.77 bits per heavy atom. The Balaban J connectivity index is 1.52. The van der Waals surface area contributed by atoms with Crippen LogP contribution in [0, 0.1) is 0 Å². The Morgan fingerprint density at radius 1 is 1.10 bits per heavy atom. The summed E-state index contributed by atoms with van der Waals surface area (Å²) in [5.74, 6) is 0.503. The van der Waals surface area contributed by atoms with Gasteiger partial charge in [0.2, 0.25) is 0 Å². The van der Waals surface area contributed by atoms with Crippen LogP contribution in [-0.4, -0.2) is 24.2 Å². The van der Waals surface area contributed by atoms with Crippen molar-refractivity contribution in [2.75, 3.05) is 18.9 Å². The Hall–Kier alpha value is -2.99. The van der Waals surface area contributed by atoms with Crippen molar-refractivity contribution < 1.29 is 14.3 Å². The van der Waals surface area contributed by atoms with Crippen LogP contribution in [0.1, 0.15) is 29.4 Å². The topological polar surface area (TPSA) is 77.3 Å². The second-order valence-electron chi connectivity index (χ2n) is 7.05. The van der Waals surface area contributed by atoms with Crippen LogP contribution in [0.5, 0.6) is 5.75 Å². The van der Waals surface area contributed by atoms with Gasteiger partial charge < -0.3 is 20.2 Å². The first-order valence-corrected chi connectivity index (χ1v) is 10.7. The van der Waals surface area contributed by atoms with Crippen molar-refractivity contribution in [3.8, 4) is 5.75 Å². The molecule has 3 aromatic carbocycles. The molecule has 0 unspecified atom stereocenters. The number of nitrogens with two attached hydrogens (primary N) is 1. The van der Waals surface area contributed by atoms with Crippen molar-refractivity contribution in [2.45, 2.75) is 19.8 Å². The Morgan fingerprint density at radius 2 is 1.93 bits per heavy atom. The molecule has 0 bridgehead atoms. The third-order valence-electron chi connectivity index (χ3n) is 5.06. The fourth-order valence-electron chi connectivity index (χ4n) is 3.70. The minimum Gasteiger partial charge on any atom is -0.493 e. The third kappa shape index (κ3) is 4.00. The molecule has 6 heteroatoms. The molecule has 0 aliphatic rings.